The van der Waals surface area contributed by atoms with E-state index in [4.69, 9.17) is 4.84 Å². The van der Waals surface area contributed by atoms with Crippen LogP contribution in [-0.4, -0.2) is 21.0 Å². The van der Waals surface area contributed by atoms with Crippen molar-refractivity contribution < 1.29 is 9.05 Å². The summed E-state index contributed by atoms with van der Waals surface area (Å²) in [6, 6.07) is 0. The molecule has 1 unspecified atom stereocenters. The fraction of sp³-hybridized carbons (Fsp3) is 0.167. The third-order valence-electron chi connectivity index (χ3n) is 1.32. The molecule has 0 N–H and O–H groups in total. The second-order valence-electron chi connectivity index (χ2n) is 2.07. The highest BCUT2D eigenvalue weighted by molar-refractivity contribution is 7.87. The number of hydrogen-bond donors (Lipinski definition) is 0. The lowest BCUT2D eigenvalue weighted by Crippen LogP contribution is -2.25. The minimum atomic E-state index is -1.00. The zero-order chi connectivity index (χ0) is 7.68. The van der Waals surface area contributed by atoms with E-state index in [1.807, 2.05) is 0 Å². The Kier molecular flexibility index (Phi) is 1.50. The Hall–Kier alpha value is -1.10. The first-order chi connectivity index (χ1) is 5.36. The Bertz CT molecular complexity index is 282. The summed E-state index contributed by atoms with van der Waals surface area (Å²) in [4.78, 5) is 8.99. The van der Waals surface area contributed by atoms with Crippen molar-refractivity contribution in [3.8, 4) is 0 Å². The summed E-state index contributed by atoms with van der Waals surface area (Å²) in [5, 5.41) is 3.04. The lowest BCUT2D eigenvalue weighted by molar-refractivity contribution is -0.00107. The lowest BCUT2D eigenvalue weighted by atomic mass is 10.6. The van der Waals surface area contributed by atoms with Crippen molar-refractivity contribution in [1.82, 2.24) is 5.06 Å². The Labute approximate surface area is 66.3 Å². The van der Waals surface area contributed by atoms with Crippen LogP contribution in [-0.2, 0) is 15.6 Å². The Morgan fingerprint density at radius 3 is 3.55 bits per heavy atom. The van der Waals surface area contributed by atoms with Crippen molar-refractivity contribution in [2.24, 2.45) is 4.99 Å². The normalized spacial score (nSPS) is 27.5. The summed E-state index contributed by atoms with van der Waals surface area (Å²) < 4.78 is 11.0. The van der Waals surface area contributed by atoms with Gasteiger partial charge in [0.2, 0.25) is 0 Å². The molecule has 0 aromatic heterocycles. The van der Waals surface area contributed by atoms with Gasteiger partial charge in [-0.2, -0.15) is 5.06 Å². The summed E-state index contributed by atoms with van der Waals surface area (Å²) in [6.45, 7) is 0. The van der Waals surface area contributed by atoms with Crippen LogP contribution in [0.3, 0.4) is 0 Å². The minimum absolute atomic E-state index is 0.350. The van der Waals surface area contributed by atoms with Crippen LogP contribution in [0.5, 0.6) is 0 Å². The van der Waals surface area contributed by atoms with Gasteiger partial charge in [-0.05, 0) is 0 Å². The highest BCUT2D eigenvalue weighted by atomic mass is 32.2. The van der Waals surface area contributed by atoms with Crippen LogP contribution in [0.2, 0.25) is 0 Å². The number of hydroxylamine groups is 2. The largest absolute Gasteiger partial charge is 0.385 e. The molecule has 11 heavy (non-hydrogen) atoms. The molecule has 0 bridgehead atoms. The van der Waals surface area contributed by atoms with Gasteiger partial charge in [0.25, 0.3) is 0 Å². The summed E-state index contributed by atoms with van der Waals surface area (Å²) in [6.07, 6.45) is 4.78. The molecule has 4 nitrogen and oxygen atoms in total. The Morgan fingerprint density at radius 2 is 2.64 bits per heavy atom. The second kappa shape index (κ2) is 2.50. The van der Waals surface area contributed by atoms with E-state index in [1.165, 1.54) is 17.5 Å². The van der Waals surface area contributed by atoms with E-state index in [0.717, 1.165) is 0 Å². The number of hydrogen-bond acceptors (Lipinski definition) is 4. The van der Waals surface area contributed by atoms with Crippen molar-refractivity contribution in [1.29, 1.82) is 0 Å². The van der Waals surface area contributed by atoms with E-state index in [-0.39, 0.29) is 0 Å². The van der Waals surface area contributed by atoms with E-state index in [2.05, 4.69) is 4.99 Å². The molecular formula is C6H6N2O2S. The molecule has 0 saturated heterocycles. The second-order valence-corrected chi connectivity index (χ2v) is 3.36. The van der Waals surface area contributed by atoms with Crippen molar-refractivity contribution in [3.63, 3.8) is 0 Å². The van der Waals surface area contributed by atoms with Crippen LogP contribution in [0.4, 0.5) is 0 Å². The first kappa shape index (κ1) is 6.60. The maximum absolute atomic E-state index is 11.0. The molecule has 0 amide bonds. The van der Waals surface area contributed by atoms with Crippen LogP contribution in [0.15, 0.2) is 28.9 Å². The Morgan fingerprint density at radius 1 is 1.73 bits per heavy atom. The minimum Gasteiger partial charge on any atom is -0.385 e. The van der Waals surface area contributed by atoms with Crippen LogP contribution in [0, 0.1) is 0 Å². The number of amidine groups is 1. The fourth-order valence-corrected chi connectivity index (χ4v) is 1.55. The molecule has 2 aliphatic rings. The van der Waals surface area contributed by atoms with Gasteiger partial charge in [-0.1, -0.05) is 0 Å². The maximum Gasteiger partial charge on any atom is 0.167 e. The van der Waals surface area contributed by atoms with Gasteiger partial charge in [-0.3, -0.25) is 4.21 Å². The van der Waals surface area contributed by atoms with Crippen molar-refractivity contribution in [2.45, 2.75) is 0 Å². The van der Waals surface area contributed by atoms with Crippen molar-refractivity contribution in [2.75, 3.05) is 5.88 Å². The number of nitrogens with zero attached hydrogens (tertiary/aromatic N) is 2. The predicted octanol–water partition coefficient (Wildman–Crippen LogP) is 0.337. The molecular weight excluding hydrogens is 164 g/mol. The quantitative estimate of drug-likeness (QED) is 0.526. The topological polar surface area (TPSA) is 41.9 Å². The van der Waals surface area contributed by atoms with Gasteiger partial charge in [0.05, 0.1) is 10.8 Å². The summed E-state index contributed by atoms with van der Waals surface area (Å²) in [5.74, 6) is 1.05. The van der Waals surface area contributed by atoms with E-state index in [9.17, 15) is 4.21 Å². The molecule has 0 aromatic carbocycles. The van der Waals surface area contributed by atoms with Crippen molar-refractivity contribution >= 4 is 16.6 Å². The zero-order valence-electron chi connectivity index (χ0n) is 5.64. The van der Waals surface area contributed by atoms with E-state index in [0.29, 0.717) is 11.7 Å². The molecule has 0 aliphatic carbocycles. The maximum atomic E-state index is 11.0. The molecule has 2 aliphatic heterocycles. The van der Waals surface area contributed by atoms with Crippen LogP contribution in [0.1, 0.15) is 0 Å². The van der Waals surface area contributed by atoms with Gasteiger partial charge in [0.15, 0.2) is 5.84 Å². The summed E-state index contributed by atoms with van der Waals surface area (Å²) >= 11 is 0. The SMILES string of the molecule is O=S1C=CN=C2C=CON2C1. The predicted molar refractivity (Wildman–Crippen MR) is 41.6 cm³/mol. The fourth-order valence-electron chi connectivity index (χ4n) is 0.839. The highest BCUT2D eigenvalue weighted by Gasteiger charge is 2.17. The smallest absolute Gasteiger partial charge is 0.167 e. The summed E-state index contributed by atoms with van der Waals surface area (Å²) in [5.41, 5.74) is 0. The molecule has 1 atom stereocenters. The van der Waals surface area contributed by atoms with Crippen LogP contribution < -0.4 is 0 Å². The lowest BCUT2D eigenvalue weighted by Gasteiger charge is -2.13. The van der Waals surface area contributed by atoms with Gasteiger partial charge in [0.1, 0.15) is 12.1 Å². The molecule has 0 fully saturated rings. The van der Waals surface area contributed by atoms with Gasteiger partial charge in [-0.15, -0.1) is 0 Å². The molecule has 0 aromatic rings. The molecule has 2 rings (SSSR count). The average Bonchev–Trinajstić information content (AvgIpc) is 2.31. The van der Waals surface area contributed by atoms with E-state index in [1.54, 1.807) is 11.5 Å². The molecule has 0 saturated carbocycles. The summed E-state index contributed by atoms with van der Waals surface area (Å²) in [7, 11) is -1.00. The molecule has 2 heterocycles. The van der Waals surface area contributed by atoms with Crippen molar-refractivity contribution in [3.05, 3.63) is 23.9 Å². The zero-order valence-corrected chi connectivity index (χ0v) is 6.45. The third kappa shape index (κ3) is 1.19. The standard InChI is InChI=1S/C6H6N2O2S/c9-11-4-2-7-6-1-3-10-8(6)5-11/h1-4H,5H2. The third-order valence-corrected chi connectivity index (χ3v) is 2.24. The molecule has 0 spiro atoms. The molecule has 58 valence electrons. The first-order valence-electron chi connectivity index (χ1n) is 3.09. The number of fused-ring (bicyclic) bond motifs is 1. The Balaban J connectivity index is 2.28. The van der Waals surface area contributed by atoms with Gasteiger partial charge < -0.3 is 4.84 Å². The van der Waals surface area contributed by atoms with Crippen LogP contribution in [0.25, 0.3) is 0 Å². The van der Waals surface area contributed by atoms with Gasteiger partial charge in [-0.25, -0.2) is 4.99 Å². The molecule has 0 radical (unpaired) electrons. The van der Waals surface area contributed by atoms with Gasteiger partial charge >= 0.3 is 0 Å². The first-order valence-corrected chi connectivity index (χ1v) is 4.47. The van der Waals surface area contributed by atoms with Crippen LogP contribution >= 0.6 is 0 Å². The molecule has 5 heteroatoms. The average molecular weight is 170 g/mol. The highest BCUT2D eigenvalue weighted by Crippen LogP contribution is 2.09. The van der Waals surface area contributed by atoms with E-state index >= 15 is 0 Å². The monoisotopic (exact) mass is 170 g/mol. The number of rotatable bonds is 0. The van der Waals surface area contributed by atoms with E-state index < -0.39 is 10.8 Å². The number of aliphatic imine (C=N–C) groups is 1. The van der Waals surface area contributed by atoms with Gasteiger partial charge in [0, 0.05) is 17.7 Å².